The number of hydrogen-bond donors (Lipinski definition) is 3. The average molecular weight is 817 g/mol. The molecule has 310 valence electrons. The Hall–Kier alpha value is -5.80. The number of aliphatic carboxylic acids is 1. The quantitative estimate of drug-likeness (QED) is 0.0667. The monoisotopic (exact) mass is 816 g/mol. The van der Waals surface area contributed by atoms with E-state index in [2.05, 4.69) is 15.4 Å². The summed E-state index contributed by atoms with van der Waals surface area (Å²) in [6.07, 6.45) is -3.38. The lowest BCUT2D eigenvalue weighted by atomic mass is 9.85. The number of nitrogens with one attached hydrogen (secondary N) is 2. The molecule has 3 N–H and O–H groups in total. The van der Waals surface area contributed by atoms with Crippen molar-refractivity contribution >= 4 is 52.8 Å². The Labute approximate surface area is 330 Å². The van der Waals surface area contributed by atoms with Crippen molar-refractivity contribution < 1.29 is 65.0 Å². The number of hydrogen-bond acceptors (Lipinski definition) is 7. The van der Waals surface area contributed by atoms with Crippen LogP contribution >= 0.6 is 0 Å². The van der Waals surface area contributed by atoms with Gasteiger partial charge in [0.05, 0.1) is 18.2 Å². The van der Waals surface area contributed by atoms with Crippen LogP contribution in [0.25, 0.3) is 6.08 Å². The number of rotatable bonds is 13. The van der Waals surface area contributed by atoms with Crippen LogP contribution in [0.15, 0.2) is 60.2 Å². The van der Waals surface area contributed by atoms with Gasteiger partial charge in [-0.2, -0.15) is 26.3 Å². The number of benzene rings is 3. The summed E-state index contributed by atoms with van der Waals surface area (Å²) in [5, 5.41) is 14.1. The summed E-state index contributed by atoms with van der Waals surface area (Å²) in [7, 11) is 1.36. The molecule has 3 aromatic carbocycles. The molecule has 0 radical (unpaired) electrons. The van der Waals surface area contributed by atoms with Crippen LogP contribution in [-0.4, -0.2) is 47.5 Å². The molecule has 2 aliphatic rings. The van der Waals surface area contributed by atoms with E-state index in [9.17, 15) is 55.1 Å². The van der Waals surface area contributed by atoms with Crippen LogP contribution in [0.2, 0.25) is 0 Å². The number of ether oxygens (including phenoxy) is 1. The summed E-state index contributed by atoms with van der Waals surface area (Å²) in [6.45, 7) is 0. The van der Waals surface area contributed by atoms with Crippen molar-refractivity contribution in [3.63, 3.8) is 0 Å². The molecule has 0 bridgehead atoms. The van der Waals surface area contributed by atoms with Gasteiger partial charge in [0.25, 0.3) is 0 Å². The number of esters is 1. The minimum Gasteiger partial charge on any atom is -0.481 e. The summed E-state index contributed by atoms with van der Waals surface area (Å²) >= 11 is 0. The maximum absolute atomic E-state index is 13.1. The molecule has 3 aromatic rings. The molecule has 5 rings (SSSR count). The van der Waals surface area contributed by atoms with Crippen LogP contribution in [0.5, 0.6) is 0 Å². The van der Waals surface area contributed by atoms with Crippen molar-refractivity contribution in [1.82, 2.24) is 0 Å². The smallest absolute Gasteiger partial charge is 0.416 e. The molecule has 0 aromatic heterocycles. The highest BCUT2D eigenvalue weighted by Crippen LogP contribution is 2.37. The van der Waals surface area contributed by atoms with Crippen molar-refractivity contribution in [2.75, 3.05) is 17.7 Å². The normalized spacial score (nSPS) is 14.4. The number of Topliss-reactive ketones (excluding diaryl/α,β-unsaturated/α-hetero) is 2. The van der Waals surface area contributed by atoms with Gasteiger partial charge in [-0.25, -0.2) is 0 Å². The lowest BCUT2D eigenvalue weighted by Crippen LogP contribution is -2.16. The Kier molecular flexibility index (Phi) is 15.5. The van der Waals surface area contributed by atoms with Gasteiger partial charge in [0.2, 0.25) is 11.8 Å². The SMILES string of the molecule is COC(=O)CCCCC(=O)Nc1ccc2c(c1)CCCC2=O.O=C(O)CCCCC(=O)Nc1ccc2c(c1)CC/C(=C\c1cc(C(F)(F)F)cc(C(F)(F)F)c1)C2=O. The van der Waals surface area contributed by atoms with Gasteiger partial charge in [-0.05, 0) is 129 Å². The molecular formula is C42H42F6N2O8. The van der Waals surface area contributed by atoms with Gasteiger partial charge in [0.15, 0.2) is 11.6 Å². The van der Waals surface area contributed by atoms with Crippen LogP contribution < -0.4 is 10.6 Å². The van der Waals surface area contributed by atoms with Gasteiger partial charge in [-0.3, -0.25) is 28.8 Å². The summed E-state index contributed by atoms with van der Waals surface area (Å²) < 4.78 is 83.3. The third-order valence-corrected chi connectivity index (χ3v) is 9.39. The molecule has 0 fully saturated rings. The largest absolute Gasteiger partial charge is 0.481 e. The molecule has 16 heteroatoms. The third-order valence-electron chi connectivity index (χ3n) is 9.39. The highest BCUT2D eigenvalue weighted by atomic mass is 19.4. The van der Waals surface area contributed by atoms with Crippen molar-refractivity contribution in [3.05, 3.63) is 99.1 Å². The number of methoxy groups -OCH3 is 1. The second-order valence-corrected chi connectivity index (χ2v) is 13.8. The molecule has 0 aliphatic heterocycles. The van der Waals surface area contributed by atoms with Gasteiger partial charge in [-0.15, -0.1) is 0 Å². The molecule has 2 aliphatic carbocycles. The lowest BCUT2D eigenvalue weighted by Gasteiger charge is -2.19. The number of ketones is 2. The zero-order chi connectivity index (χ0) is 42.6. The molecular weight excluding hydrogens is 774 g/mol. The van der Waals surface area contributed by atoms with E-state index >= 15 is 0 Å². The molecule has 0 atom stereocenters. The number of fused-ring (bicyclic) bond motifs is 2. The number of carboxylic acid groups (broad SMARTS) is 1. The highest BCUT2D eigenvalue weighted by Gasteiger charge is 2.37. The summed E-state index contributed by atoms with van der Waals surface area (Å²) in [5.41, 5.74) is 0.544. The van der Waals surface area contributed by atoms with E-state index in [1.54, 1.807) is 18.2 Å². The van der Waals surface area contributed by atoms with Crippen LogP contribution in [-0.2, 0) is 49.1 Å². The second-order valence-electron chi connectivity index (χ2n) is 13.8. The van der Waals surface area contributed by atoms with Crippen molar-refractivity contribution in [2.45, 2.75) is 95.8 Å². The summed E-state index contributed by atoms with van der Waals surface area (Å²) in [5.74, 6) is -1.94. The molecule has 58 heavy (non-hydrogen) atoms. The van der Waals surface area contributed by atoms with Crippen LogP contribution in [0.4, 0.5) is 37.7 Å². The lowest BCUT2D eigenvalue weighted by molar-refractivity contribution is -0.143. The van der Waals surface area contributed by atoms with Gasteiger partial charge >= 0.3 is 24.3 Å². The number of carbonyl (C=O) groups excluding carboxylic acids is 5. The minimum atomic E-state index is -4.99. The zero-order valence-electron chi connectivity index (χ0n) is 31.5. The fraction of sp³-hybridized carbons (Fsp3) is 0.381. The topological polar surface area (TPSA) is 156 Å². The van der Waals surface area contributed by atoms with E-state index in [1.165, 1.54) is 19.2 Å². The Balaban J connectivity index is 0.000000289. The van der Waals surface area contributed by atoms with Crippen molar-refractivity contribution in [1.29, 1.82) is 0 Å². The van der Waals surface area contributed by atoms with E-state index in [1.807, 2.05) is 6.07 Å². The molecule has 0 saturated carbocycles. The molecule has 2 amide bonds. The van der Waals surface area contributed by atoms with Gasteiger partial charge in [0.1, 0.15) is 0 Å². The highest BCUT2D eigenvalue weighted by molar-refractivity contribution is 6.13. The molecule has 0 unspecified atom stereocenters. The maximum Gasteiger partial charge on any atom is 0.416 e. The first kappa shape index (κ1) is 44.9. The minimum absolute atomic E-state index is 0.0297. The number of anilines is 2. The predicted molar refractivity (Wildman–Crippen MR) is 201 cm³/mol. The number of aryl methyl sites for hydroxylation is 2. The second kappa shape index (κ2) is 20.1. The zero-order valence-corrected chi connectivity index (χ0v) is 31.5. The number of amides is 2. The third kappa shape index (κ3) is 13.4. The molecule has 0 saturated heterocycles. The van der Waals surface area contributed by atoms with E-state index in [0.717, 1.165) is 35.7 Å². The molecule has 0 heterocycles. The fourth-order valence-electron chi connectivity index (χ4n) is 6.45. The van der Waals surface area contributed by atoms with E-state index in [0.29, 0.717) is 74.8 Å². The summed E-state index contributed by atoms with van der Waals surface area (Å²) in [4.78, 5) is 70.0. The molecule has 10 nitrogen and oxygen atoms in total. The maximum atomic E-state index is 13.1. The summed E-state index contributed by atoms with van der Waals surface area (Å²) in [6, 6.07) is 11.1. The first-order valence-electron chi connectivity index (χ1n) is 18.6. The number of unbranched alkanes of at least 4 members (excludes halogenated alkanes) is 2. The average Bonchev–Trinajstić information content (AvgIpc) is 3.15. The Morgan fingerprint density at radius 3 is 1.72 bits per heavy atom. The fourth-order valence-corrected chi connectivity index (χ4v) is 6.45. The number of carboxylic acids is 1. The Morgan fingerprint density at radius 1 is 0.672 bits per heavy atom. The van der Waals surface area contributed by atoms with Gasteiger partial charge in [0, 0.05) is 60.2 Å². The standard InChI is InChI=1S/C25H21F6NO4.C17H21NO4/c26-24(27,28)17-10-14(11-18(13-17)25(29,30)31)9-16-6-5-15-12-19(7-8-20(15)23(16)36)32-21(33)3-1-2-4-22(34)35;1-22-17(21)8-3-2-7-16(20)18-13-9-10-14-12(11-13)5-4-6-15(14)19/h7-13H,1-6H2,(H,32,33)(H,34,35);9-11H,2-8H2,1H3,(H,18,20)/b16-9+;. The van der Waals surface area contributed by atoms with Crippen molar-refractivity contribution in [2.24, 2.45) is 0 Å². The first-order chi connectivity index (χ1) is 27.3. The number of allylic oxidation sites excluding steroid dienone is 1. The van der Waals surface area contributed by atoms with E-state index < -0.39 is 35.2 Å². The number of carbonyl (C=O) groups is 6. The van der Waals surface area contributed by atoms with Gasteiger partial charge < -0.3 is 20.5 Å². The molecule has 0 spiro atoms. The predicted octanol–water partition coefficient (Wildman–Crippen LogP) is 9.40. The van der Waals surface area contributed by atoms with Crippen LogP contribution in [0, 0.1) is 0 Å². The first-order valence-corrected chi connectivity index (χ1v) is 18.6. The number of alkyl halides is 6. The van der Waals surface area contributed by atoms with Crippen LogP contribution in [0.1, 0.15) is 119 Å². The van der Waals surface area contributed by atoms with E-state index in [-0.39, 0.29) is 65.6 Å². The van der Waals surface area contributed by atoms with E-state index in [4.69, 9.17) is 5.11 Å². The van der Waals surface area contributed by atoms with Gasteiger partial charge in [-0.1, -0.05) is 0 Å². The Morgan fingerprint density at radius 2 is 1.19 bits per heavy atom. The van der Waals surface area contributed by atoms with Crippen molar-refractivity contribution in [3.8, 4) is 0 Å². The van der Waals surface area contributed by atoms with Crippen LogP contribution in [0.3, 0.4) is 0 Å². The number of halogens is 6. The Bertz CT molecular complexity index is 2040.